The number of hydrogen-bond donors (Lipinski definition) is 2. The molecule has 0 unspecified atom stereocenters. The first-order valence-electron chi connectivity index (χ1n) is 7.52. The lowest BCUT2D eigenvalue weighted by Crippen LogP contribution is -2.22. The fraction of sp³-hybridized carbons (Fsp3) is 0.111. The molecule has 3 aromatic rings. The van der Waals surface area contributed by atoms with E-state index in [9.17, 15) is 9.18 Å². The average Bonchev–Trinajstić information content (AvgIpc) is 3.11. The molecule has 1 aromatic heterocycles. The summed E-state index contributed by atoms with van der Waals surface area (Å²) in [5.41, 5.74) is 2.71. The Morgan fingerprint density at radius 2 is 2.00 bits per heavy atom. The summed E-state index contributed by atoms with van der Waals surface area (Å²) >= 11 is 0. The quantitative estimate of drug-likeness (QED) is 0.756. The molecule has 0 fully saturated rings. The van der Waals surface area contributed by atoms with Gasteiger partial charge in [0.15, 0.2) is 0 Å². The van der Waals surface area contributed by atoms with E-state index in [4.69, 9.17) is 0 Å². The van der Waals surface area contributed by atoms with Gasteiger partial charge in [0.2, 0.25) is 5.91 Å². The molecule has 1 heterocycles. The van der Waals surface area contributed by atoms with Crippen LogP contribution in [0.2, 0.25) is 0 Å². The number of amides is 1. The van der Waals surface area contributed by atoms with Gasteiger partial charge in [-0.15, -0.1) is 0 Å². The maximum absolute atomic E-state index is 13.7. The van der Waals surface area contributed by atoms with Crippen LogP contribution in [0.15, 0.2) is 60.9 Å². The number of halogens is 1. The zero-order valence-corrected chi connectivity index (χ0v) is 13.2. The minimum absolute atomic E-state index is 0.0500. The van der Waals surface area contributed by atoms with Crippen molar-refractivity contribution in [2.24, 2.45) is 0 Å². The van der Waals surface area contributed by atoms with Gasteiger partial charge in [0.25, 0.3) is 0 Å². The van der Waals surface area contributed by atoms with Crippen molar-refractivity contribution in [2.75, 3.05) is 17.2 Å². The van der Waals surface area contributed by atoms with E-state index in [0.29, 0.717) is 0 Å². The Hall–Kier alpha value is -3.15. The van der Waals surface area contributed by atoms with Crippen LogP contribution in [0.25, 0.3) is 5.69 Å². The SMILES string of the molecule is Cc1ccc(NC(=O)CNc2ccc(-n3cccn3)cc2)c(F)c1. The number of aryl methyl sites for hydroxylation is 1. The Morgan fingerprint density at radius 1 is 1.21 bits per heavy atom. The number of aromatic nitrogens is 2. The number of nitrogens with one attached hydrogen (secondary N) is 2. The molecule has 122 valence electrons. The van der Waals surface area contributed by atoms with E-state index in [2.05, 4.69) is 15.7 Å². The highest BCUT2D eigenvalue weighted by Crippen LogP contribution is 2.15. The van der Waals surface area contributed by atoms with Gasteiger partial charge in [0, 0.05) is 18.1 Å². The van der Waals surface area contributed by atoms with E-state index in [-0.39, 0.29) is 18.1 Å². The van der Waals surface area contributed by atoms with Crippen molar-refractivity contribution in [2.45, 2.75) is 6.92 Å². The molecule has 2 N–H and O–H groups in total. The number of anilines is 2. The van der Waals surface area contributed by atoms with E-state index in [0.717, 1.165) is 16.9 Å². The van der Waals surface area contributed by atoms with Gasteiger partial charge in [-0.05, 0) is 55.0 Å². The highest BCUT2D eigenvalue weighted by molar-refractivity contribution is 5.93. The molecule has 0 aliphatic rings. The summed E-state index contributed by atoms with van der Waals surface area (Å²) in [6.45, 7) is 1.84. The van der Waals surface area contributed by atoms with Crippen LogP contribution in [0.5, 0.6) is 0 Å². The molecule has 0 aliphatic heterocycles. The second kappa shape index (κ2) is 6.95. The molecular weight excluding hydrogens is 307 g/mol. The first-order valence-corrected chi connectivity index (χ1v) is 7.52. The van der Waals surface area contributed by atoms with Crippen molar-refractivity contribution in [3.05, 3.63) is 72.3 Å². The molecule has 0 spiro atoms. The summed E-state index contributed by atoms with van der Waals surface area (Å²) in [5, 5.41) is 9.70. The van der Waals surface area contributed by atoms with Gasteiger partial charge in [-0.3, -0.25) is 4.79 Å². The Kier molecular flexibility index (Phi) is 4.56. The van der Waals surface area contributed by atoms with Crippen LogP contribution in [-0.4, -0.2) is 22.2 Å². The van der Waals surface area contributed by atoms with Gasteiger partial charge in [0.05, 0.1) is 17.9 Å². The summed E-state index contributed by atoms with van der Waals surface area (Å²) in [7, 11) is 0. The van der Waals surface area contributed by atoms with Crippen LogP contribution < -0.4 is 10.6 Å². The molecular formula is C18H17FN4O. The average molecular weight is 324 g/mol. The van der Waals surface area contributed by atoms with Crippen LogP contribution in [0.1, 0.15) is 5.56 Å². The highest BCUT2D eigenvalue weighted by Gasteiger charge is 2.07. The summed E-state index contributed by atoms with van der Waals surface area (Å²) < 4.78 is 15.5. The van der Waals surface area contributed by atoms with E-state index in [1.54, 1.807) is 29.9 Å². The largest absolute Gasteiger partial charge is 0.376 e. The second-order valence-electron chi connectivity index (χ2n) is 5.38. The molecule has 2 aromatic carbocycles. The van der Waals surface area contributed by atoms with Crippen LogP contribution in [0.3, 0.4) is 0 Å². The third-order valence-corrected chi connectivity index (χ3v) is 3.49. The van der Waals surface area contributed by atoms with Crippen molar-refractivity contribution in [3.63, 3.8) is 0 Å². The van der Waals surface area contributed by atoms with Gasteiger partial charge in [0.1, 0.15) is 5.82 Å². The van der Waals surface area contributed by atoms with Crippen LogP contribution >= 0.6 is 0 Å². The van der Waals surface area contributed by atoms with Crippen LogP contribution in [-0.2, 0) is 4.79 Å². The van der Waals surface area contributed by atoms with E-state index >= 15 is 0 Å². The third-order valence-electron chi connectivity index (χ3n) is 3.49. The predicted octanol–water partition coefficient (Wildman–Crippen LogP) is 3.37. The maximum atomic E-state index is 13.7. The molecule has 0 aliphatic carbocycles. The second-order valence-corrected chi connectivity index (χ2v) is 5.38. The molecule has 0 radical (unpaired) electrons. The lowest BCUT2D eigenvalue weighted by Gasteiger charge is -2.09. The Morgan fingerprint density at radius 3 is 2.67 bits per heavy atom. The Balaban J connectivity index is 1.56. The monoisotopic (exact) mass is 324 g/mol. The molecule has 0 bridgehead atoms. The van der Waals surface area contributed by atoms with Crippen LogP contribution in [0, 0.1) is 12.7 Å². The van der Waals surface area contributed by atoms with Crippen molar-refractivity contribution in [1.29, 1.82) is 0 Å². The normalized spacial score (nSPS) is 10.4. The third kappa shape index (κ3) is 3.78. The standard InChI is InChI=1S/C18H17FN4O/c1-13-3-8-17(16(19)11-13)22-18(24)12-20-14-4-6-15(7-5-14)23-10-2-9-21-23/h2-11,20H,12H2,1H3,(H,22,24). The molecule has 5 nitrogen and oxygen atoms in total. The minimum atomic E-state index is -0.438. The number of carbonyl (C=O) groups excluding carboxylic acids is 1. The lowest BCUT2D eigenvalue weighted by atomic mass is 10.2. The molecule has 0 atom stereocenters. The van der Waals surface area contributed by atoms with E-state index in [1.807, 2.05) is 36.5 Å². The zero-order valence-electron chi connectivity index (χ0n) is 13.2. The molecule has 0 saturated heterocycles. The van der Waals surface area contributed by atoms with Gasteiger partial charge < -0.3 is 10.6 Å². The van der Waals surface area contributed by atoms with Crippen LogP contribution in [0.4, 0.5) is 15.8 Å². The van der Waals surface area contributed by atoms with E-state index < -0.39 is 5.82 Å². The van der Waals surface area contributed by atoms with Crippen molar-refractivity contribution >= 4 is 17.3 Å². The molecule has 3 rings (SSSR count). The first-order chi connectivity index (χ1) is 11.6. The number of rotatable bonds is 5. The number of benzene rings is 2. The predicted molar refractivity (Wildman–Crippen MR) is 91.8 cm³/mol. The number of hydrogen-bond acceptors (Lipinski definition) is 3. The minimum Gasteiger partial charge on any atom is -0.376 e. The molecule has 0 saturated carbocycles. The number of carbonyl (C=O) groups is 1. The van der Waals surface area contributed by atoms with E-state index in [1.165, 1.54) is 6.07 Å². The van der Waals surface area contributed by atoms with Crippen molar-refractivity contribution in [1.82, 2.24) is 9.78 Å². The summed E-state index contributed by atoms with van der Waals surface area (Å²) in [4.78, 5) is 11.9. The Labute approximate surface area is 139 Å². The number of nitrogens with zero attached hydrogens (tertiary/aromatic N) is 2. The smallest absolute Gasteiger partial charge is 0.243 e. The summed E-state index contributed by atoms with van der Waals surface area (Å²) in [6, 6.07) is 14.0. The summed E-state index contributed by atoms with van der Waals surface area (Å²) in [6.07, 6.45) is 3.56. The summed E-state index contributed by atoms with van der Waals surface area (Å²) in [5.74, 6) is -0.749. The maximum Gasteiger partial charge on any atom is 0.243 e. The van der Waals surface area contributed by atoms with Gasteiger partial charge in [-0.25, -0.2) is 9.07 Å². The first kappa shape index (κ1) is 15.7. The molecule has 6 heteroatoms. The lowest BCUT2D eigenvalue weighted by molar-refractivity contribution is -0.114. The van der Waals surface area contributed by atoms with Gasteiger partial charge >= 0.3 is 0 Å². The highest BCUT2D eigenvalue weighted by atomic mass is 19.1. The van der Waals surface area contributed by atoms with Crippen molar-refractivity contribution < 1.29 is 9.18 Å². The van der Waals surface area contributed by atoms with Gasteiger partial charge in [-0.1, -0.05) is 6.07 Å². The molecule has 1 amide bonds. The Bertz CT molecular complexity index is 829. The topological polar surface area (TPSA) is 59.0 Å². The fourth-order valence-electron chi connectivity index (χ4n) is 2.25. The van der Waals surface area contributed by atoms with Gasteiger partial charge in [-0.2, -0.15) is 5.10 Å². The molecule has 24 heavy (non-hydrogen) atoms. The van der Waals surface area contributed by atoms with Crippen molar-refractivity contribution in [3.8, 4) is 5.69 Å². The fourth-order valence-corrected chi connectivity index (χ4v) is 2.25. The zero-order chi connectivity index (χ0) is 16.9.